The first-order valence-electron chi connectivity index (χ1n) is 12.2. The third kappa shape index (κ3) is 8.15. The number of carbonyl (C=O) groups is 1. The molecular formula is C27H43IO5Si. The minimum Gasteiger partial charge on any atom is -0.452 e. The van der Waals surface area contributed by atoms with E-state index in [0.29, 0.717) is 5.56 Å². The molecule has 5 atom stereocenters. The molecule has 1 saturated heterocycles. The molecule has 2 rings (SSSR count). The zero-order chi connectivity index (χ0) is 25.7. The molecule has 1 aliphatic heterocycles. The minimum atomic E-state index is -1.89. The Morgan fingerprint density at radius 3 is 2.32 bits per heavy atom. The lowest BCUT2D eigenvalue weighted by Crippen LogP contribution is -2.44. The van der Waals surface area contributed by atoms with Crippen molar-refractivity contribution in [1.82, 2.24) is 0 Å². The summed E-state index contributed by atoms with van der Waals surface area (Å²) in [7, 11) is -1.89. The van der Waals surface area contributed by atoms with Gasteiger partial charge in [-0.25, -0.2) is 4.79 Å². The van der Waals surface area contributed by atoms with Crippen LogP contribution in [0.3, 0.4) is 0 Å². The molecule has 1 aromatic rings. The van der Waals surface area contributed by atoms with Gasteiger partial charge >= 0.3 is 5.97 Å². The number of benzene rings is 1. The van der Waals surface area contributed by atoms with E-state index in [4.69, 9.17) is 18.6 Å². The van der Waals surface area contributed by atoms with Gasteiger partial charge in [0.1, 0.15) is 12.2 Å². The van der Waals surface area contributed by atoms with Crippen LogP contribution < -0.4 is 0 Å². The average molecular weight is 603 g/mol. The third-order valence-corrected chi connectivity index (χ3v) is 12.0. The highest BCUT2D eigenvalue weighted by Crippen LogP contribution is 2.38. The maximum Gasteiger partial charge on any atom is 0.338 e. The van der Waals surface area contributed by atoms with Gasteiger partial charge in [0.15, 0.2) is 14.1 Å². The van der Waals surface area contributed by atoms with Crippen LogP contribution in [0.1, 0.15) is 65.2 Å². The molecule has 34 heavy (non-hydrogen) atoms. The molecule has 192 valence electrons. The summed E-state index contributed by atoms with van der Waals surface area (Å²) < 4.78 is 25.9. The van der Waals surface area contributed by atoms with Crippen molar-refractivity contribution in [1.29, 1.82) is 0 Å². The lowest BCUT2D eigenvalue weighted by Gasteiger charge is -2.39. The van der Waals surface area contributed by atoms with E-state index in [9.17, 15) is 4.79 Å². The molecule has 0 spiro atoms. The summed E-state index contributed by atoms with van der Waals surface area (Å²) in [5, 5.41) is 0.145. The van der Waals surface area contributed by atoms with Crippen LogP contribution in [0.2, 0.25) is 18.1 Å². The van der Waals surface area contributed by atoms with Crippen LogP contribution in [0.4, 0.5) is 0 Å². The fourth-order valence-electron chi connectivity index (χ4n) is 3.64. The predicted octanol–water partition coefficient (Wildman–Crippen LogP) is 7.16. The number of rotatable bonds is 10. The number of carbonyl (C=O) groups excluding carboxylic acids is 1. The highest BCUT2D eigenvalue weighted by Gasteiger charge is 2.45. The highest BCUT2D eigenvalue weighted by atomic mass is 127. The van der Waals surface area contributed by atoms with Crippen molar-refractivity contribution >= 4 is 36.9 Å². The fraction of sp³-hybridized carbons (Fsp3) is 0.667. The Morgan fingerprint density at radius 1 is 1.15 bits per heavy atom. The Morgan fingerprint density at radius 2 is 1.76 bits per heavy atom. The van der Waals surface area contributed by atoms with Crippen molar-refractivity contribution in [3.05, 3.63) is 48.0 Å². The van der Waals surface area contributed by atoms with E-state index >= 15 is 0 Å². The molecule has 0 aromatic heterocycles. The quantitative estimate of drug-likeness (QED) is 0.0936. The topological polar surface area (TPSA) is 54.0 Å². The second kappa shape index (κ2) is 12.0. The SMILES string of the molecule is C[C@H](C=CC(OC(=O)c1ccccc1)[C@H]1OC(C)(C)O[C@H]1CCI)[C@H](C)O[Si](C)(C)C(C)(C)C. The van der Waals surface area contributed by atoms with E-state index in [1.54, 1.807) is 12.1 Å². The van der Waals surface area contributed by atoms with Crippen LogP contribution in [-0.2, 0) is 18.6 Å². The number of halogens is 1. The first kappa shape index (κ1) is 29.5. The van der Waals surface area contributed by atoms with Gasteiger partial charge in [-0.05, 0) is 69.5 Å². The highest BCUT2D eigenvalue weighted by molar-refractivity contribution is 14.1. The van der Waals surface area contributed by atoms with Crippen molar-refractivity contribution in [3.8, 4) is 0 Å². The monoisotopic (exact) mass is 602 g/mol. The molecule has 0 bridgehead atoms. The molecule has 1 fully saturated rings. The summed E-state index contributed by atoms with van der Waals surface area (Å²) in [5.74, 6) is -0.947. The van der Waals surface area contributed by atoms with Gasteiger partial charge in [0.2, 0.25) is 0 Å². The molecule has 5 nitrogen and oxygen atoms in total. The number of hydrogen-bond acceptors (Lipinski definition) is 5. The molecule has 0 saturated carbocycles. The van der Waals surface area contributed by atoms with Crippen molar-refractivity contribution in [2.75, 3.05) is 4.43 Å². The van der Waals surface area contributed by atoms with E-state index in [0.717, 1.165) is 10.8 Å². The first-order valence-corrected chi connectivity index (χ1v) is 16.6. The molecule has 1 unspecified atom stereocenters. The van der Waals surface area contributed by atoms with E-state index < -0.39 is 20.2 Å². The van der Waals surface area contributed by atoms with Crippen molar-refractivity contribution < 1.29 is 23.4 Å². The van der Waals surface area contributed by atoms with Crippen LogP contribution in [0.25, 0.3) is 0 Å². The molecule has 0 N–H and O–H groups in total. The molecule has 1 aliphatic rings. The second-order valence-corrected chi connectivity index (χ2v) is 17.0. The van der Waals surface area contributed by atoms with Gasteiger partial charge < -0.3 is 18.6 Å². The molecule has 0 aliphatic carbocycles. The van der Waals surface area contributed by atoms with E-state index in [1.807, 2.05) is 38.1 Å². The summed E-state index contributed by atoms with van der Waals surface area (Å²) in [6.45, 7) is 19.4. The smallest absolute Gasteiger partial charge is 0.338 e. The van der Waals surface area contributed by atoms with E-state index in [1.165, 1.54) is 0 Å². The minimum absolute atomic E-state index is 0.0462. The Kier molecular flexibility index (Phi) is 10.4. The number of hydrogen-bond donors (Lipinski definition) is 0. The van der Waals surface area contributed by atoms with Gasteiger partial charge in [0, 0.05) is 10.5 Å². The van der Waals surface area contributed by atoms with Crippen molar-refractivity contribution in [2.45, 2.75) is 103 Å². The molecule has 1 aromatic carbocycles. The Labute approximate surface area is 221 Å². The summed E-state index contributed by atoms with van der Waals surface area (Å²) in [6, 6.07) is 9.08. The maximum absolute atomic E-state index is 12.9. The molecule has 1 heterocycles. The first-order chi connectivity index (χ1) is 15.7. The van der Waals surface area contributed by atoms with Crippen molar-refractivity contribution in [2.24, 2.45) is 5.92 Å². The summed E-state index contributed by atoms with van der Waals surface area (Å²) in [4.78, 5) is 12.9. The number of esters is 1. The second-order valence-electron chi connectivity index (χ2n) is 11.2. The lowest BCUT2D eigenvalue weighted by atomic mass is 10.0. The molecule has 0 radical (unpaired) electrons. The summed E-state index contributed by atoms with van der Waals surface area (Å²) >= 11 is 2.34. The normalized spacial score (nSPS) is 23.6. The van der Waals surface area contributed by atoms with Gasteiger partial charge in [-0.2, -0.15) is 0 Å². The zero-order valence-electron chi connectivity index (χ0n) is 22.3. The Hall–Kier alpha value is -0.743. The van der Waals surface area contributed by atoms with Gasteiger partial charge in [0.25, 0.3) is 0 Å². The van der Waals surface area contributed by atoms with Crippen LogP contribution in [0, 0.1) is 5.92 Å². The maximum atomic E-state index is 12.9. The fourth-order valence-corrected chi connectivity index (χ4v) is 5.76. The Bertz CT molecular complexity index is 818. The zero-order valence-corrected chi connectivity index (χ0v) is 25.4. The van der Waals surface area contributed by atoms with Crippen LogP contribution >= 0.6 is 22.6 Å². The van der Waals surface area contributed by atoms with E-state index in [2.05, 4.69) is 76.4 Å². The molecular weight excluding hydrogens is 559 g/mol. The van der Waals surface area contributed by atoms with Crippen LogP contribution in [-0.4, -0.2) is 48.9 Å². The van der Waals surface area contributed by atoms with Crippen LogP contribution in [0.15, 0.2) is 42.5 Å². The summed E-state index contributed by atoms with van der Waals surface area (Å²) in [5.41, 5.74) is 0.521. The summed E-state index contributed by atoms with van der Waals surface area (Å²) in [6.07, 6.45) is 3.83. The largest absolute Gasteiger partial charge is 0.452 e. The number of ether oxygens (including phenoxy) is 3. The van der Waals surface area contributed by atoms with Crippen LogP contribution in [0.5, 0.6) is 0 Å². The third-order valence-electron chi connectivity index (χ3n) is 6.82. The Balaban J connectivity index is 2.24. The number of alkyl halides is 1. The van der Waals surface area contributed by atoms with Gasteiger partial charge in [-0.1, -0.05) is 74.6 Å². The predicted molar refractivity (Wildman–Crippen MR) is 149 cm³/mol. The standard InChI is InChI=1S/C27H43IO5Si/c1-19(20(2)33-34(8,9)26(3,4)5)15-16-22(30-25(29)21-13-11-10-12-14-21)24-23(17-18-28)31-27(6,7)32-24/h10-16,19-20,22-24H,17-18H2,1-9H3/t19-,20+,22?,23+,24-/m1/s1. The average Bonchev–Trinajstić information content (AvgIpc) is 3.04. The van der Waals surface area contributed by atoms with Gasteiger partial charge in [-0.3, -0.25) is 0 Å². The van der Waals surface area contributed by atoms with Gasteiger partial charge in [-0.15, -0.1) is 0 Å². The van der Waals surface area contributed by atoms with E-state index in [-0.39, 0.29) is 35.2 Å². The lowest BCUT2D eigenvalue weighted by molar-refractivity contribution is -0.153. The van der Waals surface area contributed by atoms with Crippen molar-refractivity contribution in [3.63, 3.8) is 0 Å². The molecule has 7 heteroatoms. The molecule has 0 amide bonds. The van der Waals surface area contributed by atoms with Gasteiger partial charge in [0.05, 0.1) is 11.7 Å².